The first-order chi connectivity index (χ1) is 6.70. The third kappa shape index (κ3) is 2.23. The predicted octanol–water partition coefficient (Wildman–Crippen LogP) is 0.277. The molecule has 0 amide bonds. The molecule has 1 heterocycles. The van der Waals surface area contributed by atoms with Crippen molar-refractivity contribution in [2.24, 2.45) is 0 Å². The van der Waals surface area contributed by atoms with Gasteiger partial charge in [0.15, 0.2) is 0 Å². The summed E-state index contributed by atoms with van der Waals surface area (Å²) in [4.78, 5) is 3.85. The highest BCUT2D eigenvalue weighted by Crippen LogP contribution is 2.18. The van der Waals surface area contributed by atoms with E-state index in [1.165, 1.54) is 12.3 Å². The molecule has 1 rings (SSSR count). The van der Waals surface area contributed by atoms with Gasteiger partial charge in [-0.2, -0.15) is 17.9 Å². The molecule has 2 N–H and O–H groups in total. The van der Waals surface area contributed by atoms with E-state index in [0.717, 1.165) is 0 Å². The van der Waals surface area contributed by atoms with E-state index in [0.29, 0.717) is 0 Å². The molecule has 0 aromatic carbocycles. The maximum atomic E-state index is 9.59. The first kappa shape index (κ1) is 11.0. The normalized spacial score (nSPS) is 14.4. The van der Waals surface area contributed by atoms with Gasteiger partial charge in [0.05, 0.1) is 17.4 Å². The lowest BCUT2D eigenvalue weighted by Gasteiger charge is -2.15. The fourth-order valence-corrected chi connectivity index (χ4v) is 1.23. The van der Waals surface area contributed by atoms with Crippen molar-refractivity contribution in [3.63, 3.8) is 0 Å². The number of aliphatic hydroxyl groups excluding tert-OH is 2. The van der Waals surface area contributed by atoms with E-state index < -0.39 is 12.2 Å². The Labute approximate surface area is 87.2 Å². The molecule has 1 aromatic heterocycles. The Morgan fingerprint density at radius 2 is 2.29 bits per heavy atom. The molecule has 2 unspecified atom stereocenters. The highest BCUT2D eigenvalue weighted by molar-refractivity contribution is 7.80. The maximum absolute atomic E-state index is 9.59. The average molecular weight is 210 g/mol. The van der Waals surface area contributed by atoms with Crippen molar-refractivity contribution in [3.05, 3.63) is 29.6 Å². The molecule has 0 aliphatic heterocycles. The molecule has 0 bridgehead atoms. The summed E-state index contributed by atoms with van der Waals surface area (Å²) in [6.45, 7) is 0. The topological polar surface area (TPSA) is 77.1 Å². The number of thiol groups is 1. The zero-order valence-electron chi connectivity index (χ0n) is 7.33. The highest BCUT2D eigenvalue weighted by atomic mass is 32.1. The zero-order valence-corrected chi connectivity index (χ0v) is 8.22. The molecule has 0 spiro atoms. The van der Waals surface area contributed by atoms with Gasteiger partial charge in [0, 0.05) is 11.9 Å². The molecular weight excluding hydrogens is 200 g/mol. The predicted molar refractivity (Wildman–Crippen MR) is 53.8 cm³/mol. The van der Waals surface area contributed by atoms with E-state index in [-0.39, 0.29) is 17.0 Å². The molecule has 5 heteroatoms. The summed E-state index contributed by atoms with van der Waals surface area (Å²) in [6, 6.07) is 5.03. The van der Waals surface area contributed by atoms with Crippen molar-refractivity contribution in [2.75, 3.05) is 5.75 Å². The first-order valence-electron chi connectivity index (χ1n) is 4.02. The Bertz CT molecular complexity index is 351. The molecule has 1 aromatic rings. The lowest BCUT2D eigenvalue weighted by atomic mass is 10.1. The summed E-state index contributed by atoms with van der Waals surface area (Å²) in [7, 11) is 0. The van der Waals surface area contributed by atoms with E-state index in [1.807, 2.05) is 6.07 Å². The number of aromatic nitrogens is 1. The van der Waals surface area contributed by atoms with E-state index in [2.05, 4.69) is 17.6 Å². The number of nitriles is 1. The molecule has 0 aliphatic carbocycles. The van der Waals surface area contributed by atoms with Crippen LogP contribution in [0.3, 0.4) is 0 Å². The molecule has 2 atom stereocenters. The minimum atomic E-state index is -1.16. The van der Waals surface area contributed by atoms with E-state index in [9.17, 15) is 10.2 Å². The quantitative estimate of drug-likeness (QED) is 0.626. The van der Waals surface area contributed by atoms with Crippen molar-refractivity contribution < 1.29 is 10.2 Å². The Morgan fingerprint density at radius 1 is 1.57 bits per heavy atom. The summed E-state index contributed by atoms with van der Waals surface area (Å²) in [5.41, 5.74) is 0.456. The van der Waals surface area contributed by atoms with Gasteiger partial charge >= 0.3 is 0 Å². The molecule has 0 fully saturated rings. The molecule has 14 heavy (non-hydrogen) atoms. The third-order valence-corrected chi connectivity index (χ3v) is 2.16. The van der Waals surface area contributed by atoms with E-state index in [4.69, 9.17) is 5.26 Å². The minimum absolute atomic E-state index is 0.114. The van der Waals surface area contributed by atoms with Gasteiger partial charge < -0.3 is 10.2 Å². The second-order valence-corrected chi connectivity index (χ2v) is 3.11. The minimum Gasteiger partial charge on any atom is -0.389 e. The number of pyridine rings is 1. The van der Waals surface area contributed by atoms with Gasteiger partial charge in [-0.1, -0.05) is 0 Å². The molecular formula is C9H10N2O2S. The third-order valence-electron chi connectivity index (χ3n) is 1.79. The molecule has 0 saturated heterocycles. The smallest absolute Gasteiger partial charge is 0.124 e. The van der Waals surface area contributed by atoms with Crippen LogP contribution >= 0.6 is 12.6 Å². The Morgan fingerprint density at radius 3 is 2.86 bits per heavy atom. The fraction of sp³-hybridized carbons (Fsp3) is 0.333. The van der Waals surface area contributed by atoms with Crippen LogP contribution in [0.5, 0.6) is 0 Å². The van der Waals surface area contributed by atoms with Crippen LogP contribution in [0.15, 0.2) is 18.3 Å². The van der Waals surface area contributed by atoms with Gasteiger partial charge in [0.2, 0.25) is 0 Å². The van der Waals surface area contributed by atoms with Crippen molar-refractivity contribution in [3.8, 4) is 6.07 Å². The monoisotopic (exact) mass is 210 g/mol. The standard InChI is InChI=1S/C9H10N2O2S/c10-4-6-2-1-3-11-8(6)9(13)7(12)5-14/h1-3,7,9,12-14H,5H2. The van der Waals surface area contributed by atoms with Gasteiger partial charge in [0.1, 0.15) is 12.2 Å². The summed E-state index contributed by atoms with van der Waals surface area (Å²) in [6.07, 6.45) is -0.714. The van der Waals surface area contributed by atoms with Crippen LogP contribution in [0, 0.1) is 11.3 Å². The second-order valence-electron chi connectivity index (χ2n) is 2.74. The molecule has 0 radical (unpaired) electrons. The number of hydrogen-bond donors (Lipinski definition) is 3. The van der Waals surface area contributed by atoms with Crippen LogP contribution in [0.25, 0.3) is 0 Å². The van der Waals surface area contributed by atoms with Crippen molar-refractivity contribution in [1.29, 1.82) is 5.26 Å². The Balaban J connectivity index is 3.01. The van der Waals surface area contributed by atoms with Gasteiger partial charge in [-0.15, -0.1) is 0 Å². The molecule has 0 saturated carbocycles. The van der Waals surface area contributed by atoms with Crippen LogP contribution in [-0.2, 0) is 0 Å². The summed E-state index contributed by atoms with van der Waals surface area (Å²) in [5.74, 6) is 0.114. The molecule has 74 valence electrons. The van der Waals surface area contributed by atoms with E-state index >= 15 is 0 Å². The van der Waals surface area contributed by atoms with Gasteiger partial charge in [-0.05, 0) is 12.1 Å². The zero-order chi connectivity index (χ0) is 10.6. The van der Waals surface area contributed by atoms with Crippen LogP contribution in [-0.4, -0.2) is 27.1 Å². The lowest BCUT2D eigenvalue weighted by molar-refractivity contribution is 0.0308. The van der Waals surface area contributed by atoms with Crippen molar-refractivity contribution in [1.82, 2.24) is 4.98 Å². The number of nitrogens with zero attached hydrogens (tertiary/aromatic N) is 2. The van der Waals surface area contributed by atoms with Gasteiger partial charge in [-0.25, -0.2) is 0 Å². The molecule has 4 nitrogen and oxygen atoms in total. The number of aliphatic hydroxyl groups is 2. The van der Waals surface area contributed by atoms with Crippen LogP contribution < -0.4 is 0 Å². The van der Waals surface area contributed by atoms with E-state index in [1.54, 1.807) is 6.07 Å². The molecule has 0 aliphatic rings. The number of hydrogen-bond acceptors (Lipinski definition) is 5. The Hall–Kier alpha value is -1.09. The maximum Gasteiger partial charge on any atom is 0.124 e. The lowest BCUT2D eigenvalue weighted by Crippen LogP contribution is -2.21. The van der Waals surface area contributed by atoms with Crippen molar-refractivity contribution >= 4 is 12.6 Å². The largest absolute Gasteiger partial charge is 0.389 e. The first-order valence-corrected chi connectivity index (χ1v) is 4.66. The van der Waals surface area contributed by atoms with Crippen LogP contribution in [0.4, 0.5) is 0 Å². The second kappa shape index (κ2) is 4.96. The fourth-order valence-electron chi connectivity index (χ4n) is 1.03. The SMILES string of the molecule is N#Cc1cccnc1C(O)C(O)CS. The summed E-state index contributed by atoms with van der Waals surface area (Å²) < 4.78 is 0. The average Bonchev–Trinajstić information content (AvgIpc) is 2.26. The summed E-state index contributed by atoms with van der Waals surface area (Å²) in [5, 5.41) is 27.6. The van der Waals surface area contributed by atoms with Gasteiger partial charge in [0.25, 0.3) is 0 Å². The summed E-state index contributed by atoms with van der Waals surface area (Å²) >= 11 is 3.85. The Kier molecular flexibility index (Phi) is 3.89. The highest BCUT2D eigenvalue weighted by Gasteiger charge is 2.20. The van der Waals surface area contributed by atoms with Crippen LogP contribution in [0.1, 0.15) is 17.4 Å². The van der Waals surface area contributed by atoms with Crippen molar-refractivity contribution in [2.45, 2.75) is 12.2 Å². The van der Waals surface area contributed by atoms with Gasteiger partial charge in [-0.3, -0.25) is 4.98 Å². The van der Waals surface area contributed by atoms with Crippen LogP contribution in [0.2, 0.25) is 0 Å². The number of rotatable bonds is 3.